The minimum atomic E-state index is -0.189. The smallest absolute Gasteiger partial charge is 0.275 e. The highest BCUT2D eigenvalue weighted by Gasteiger charge is 2.12. The summed E-state index contributed by atoms with van der Waals surface area (Å²) in [6.07, 6.45) is 5.30. The summed E-state index contributed by atoms with van der Waals surface area (Å²) in [5.74, 6) is -0.189. The number of carbonyl (C=O) groups excluding carboxylic acids is 1. The monoisotopic (exact) mass is 416 g/mol. The number of hydrogen-bond acceptors (Lipinski definition) is 5. The van der Waals surface area contributed by atoms with Gasteiger partial charge < -0.3 is 11.1 Å². The van der Waals surface area contributed by atoms with Gasteiger partial charge in [-0.15, -0.1) is 36.2 Å². The van der Waals surface area contributed by atoms with Crippen LogP contribution in [0.1, 0.15) is 46.7 Å². The molecular weight excluding hydrogens is 391 g/mol. The molecule has 3 N–H and O–H groups in total. The van der Waals surface area contributed by atoms with Gasteiger partial charge in [0.05, 0.1) is 0 Å². The molecule has 1 aromatic heterocycles. The summed E-state index contributed by atoms with van der Waals surface area (Å²) in [4.78, 5) is 18.9. The SMILES string of the molecule is Cl.Cl.NCc1nc(C(=O)Nc2ccc(CN3CCCCCC3)cc2)cs1. The van der Waals surface area contributed by atoms with E-state index in [0.29, 0.717) is 12.2 Å². The van der Waals surface area contributed by atoms with Gasteiger partial charge in [-0.05, 0) is 43.6 Å². The lowest BCUT2D eigenvalue weighted by Gasteiger charge is -2.19. The lowest BCUT2D eigenvalue weighted by molar-refractivity contribution is 0.102. The van der Waals surface area contributed by atoms with Crippen molar-refractivity contribution in [2.24, 2.45) is 5.73 Å². The van der Waals surface area contributed by atoms with Gasteiger partial charge in [0.1, 0.15) is 10.7 Å². The van der Waals surface area contributed by atoms with Crippen LogP contribution in [0.15, 0.2) is 29.6 Å². The van der Waals surface area contributed by atoms with Crippen molar-refractivity contribution in [1.29, 1.82) is 0 Å². The highest BCUT2D eigenvalue weighted by Crippen LogP contribution is 2.16. The van der Waals surface area contributed by atoms with Gasteiger partial charge in [0.2, 0.25) is 0 Å². The second-order valence-corrected chi connectivity index (χ2v) is 7.11. The van der Waals surface area contributed by atoms with E-state index in [0.717, 1.165) is 17.2 Å². The fourth-order valence-corrected chi connectivity index (χ4v) is 3.60. The molecule has 1 fully saturated rings. The van der Waals surface area contributed by atoms with Crippen molar-refractivity contribution in [3.05, 3.63) is 45.9 Å². The molecule has 2 heterocycles. The average Bonchev–Trinajstić information content (AvgIpc) is 2.95. The van der Waals surface area contributed by atoms with Gasteiger partial charge in [-0.25, -0.2) is 4.98 Å². The summed E-state index contributed by atoms with van der Waals surface area (Å²) in [7, 11) is 0. The third-order valence-electron chi connectivity index (χ3n) is 4.28. The van der Waals surface area contributed by atoms with Crippen molar-refractivity contribution in [2.45, 2.75) is 38.8 Å². The van der Waals surface area contributed by atoms with E-state index in [1.54, 1.807) is 5.38 Å². The number of benzene rings is 1. The van der Waals surface area contributed by atoms with E-state index in [1.165, 1.54) is 55.7 Å². The number of amides is 1. The number of thiazole rings is 1. The molecular formula is C18H26Cl2N4OS. The molecule has 0 bridgehead atoms. The Balaban J connectivity index is 0.00000169. The third kappa shape index (κ3) is 6.52. The number of carbonyl (C=O) groups is 1. The Bertz CT molecular complexity index is 670. The topological polar surface area (TPSA) is 71.2 Å². The first kappa shape index (κ1) is 22.9. The quantitative estimate of drug-likeness (QED) is 0.769. The number of hydrogen-bond donors (Lipinski definition) is 2. The number of aromatic nitrogens is 1. The Morgan fingerprint density at radius 1 is 1.12 bits per heavy atom. The molecule has 0 saturated carbocycles. The summed E-state index contributed by atoms with van der Waals surface area (Å²) in [6, 6.07) is 8.10. The van der Waals surface area contributed by atoms with Crippen LogP contribution < -0.4 is 11.1 Å². The van der Waals surface area contributed by atoms with E-state index in [4.69, 9.17) is 5.73 Å². The molecule has 0 unspecified atom stereocenters. The molecule has 1 aliphatic rings. The Morgan fingerprint density at radius 3 is 2.35 bits per heavy atom. The molecule has 26 heavy (non-hydrogen) atoms. The van der Waals surface area contributed by atoms with Crippen molar-refractivity contribution in [2.75, 3.05) is 18.4 Å². The standard InChI is InChI=1S/C18H24N4OS.2ClH/c19-11-17-21-16(13-24-17)18(23)20-15-7-5-14(6-8-15)12-22-9-3-1-2-4-10-22;;/h5-8,13H,1-4,9-12,19H2,(H,20,23);2*1H. The number of nitrogens with zero attached hydrogens (tertiary/aromatic N) is 2. The molecule has 1 aromatic carbocycles. The van der Waals surface area contributed by atoms with Gasteiger partial charge >= 0.3 is 0 Å². The van der Waals surface area contributed by atoms with Crippen molar-refractivity contribution in [3.63, 3.8) is 0 Å². The Hall–Kier alpha value is -1.18. The van der Waals surface area contributed by atoms with Crippen molar-refractivity contribution >= 4 is 47.7 Å². The van der Waals surface area contributed by atoms with E-state index < -0.39 is 0 Å². The first-order valence-electron chi connectivity index (χ1n) is 8.52. The number of rotatable bonds is 5. The first-order chi connectivity index (χ1) is 11.7. The van der Waals surface area contributed by atoms with Crippen LogP contribution in [0.25, 0.3) is 0 Å². The lowest BCUT2D eigenvalue weighted by atomic mass is 10.2. The maximum Gasteiger partial charge on any atom is 0.275 e. The molecule has 3 rings (SSSR count). The van der Waals surface area contributed by atoms with Gasteiger partial charge in [0.25, 0.3) is 5.91 Å². The van der Waals surface area contributed by atoms with E-state index in [-0.39, 0.29) is 30.7 Å². The van der Waals surface area contributed by atoms with E-state index in [9.17, 15) is 4.79 Å². The minimum absolute atomic E-state index is 0. The number of nitrogens with two attached hydrogens (primary N) is 1. The summed E-state index contributed by atoms with van der Waals surface area (Å²) in [5.41, 5.74) is 8.04. The predicted molar refractivity (Wildman–Crippen MR) is 113 cm³/mol. The van der Waals surface area contributed by atoms with Crippen LogP contribution in [0.4, 0.5) is 5.69 Å². The van der Waals surface area contributed by atoms with Crippen LogP contribution in [0, 0.1) is 0 Å². The molecule has 0 aliphatic carbocycles. The Kier molecular flexibility index (Phi) is 10.1. The van der Waals surface area contributed by atoms with Crippen LogP contribution >= 0.6 is 36.2 Å². The molecule has 1 saturated heterocycles. The second-order valence-electron chi connectivity index (χ2n) is 6.17. The van der Waals surface area contributed by atoms with Crippen LogP contribution in [0.5, 0.6) is 0 Å². The molecule has 1 amide bonds. The average molecular weight is 417 g/mol. The molecule has 144 valence electrons. The normalized spacial score (nSPS) is 14.7. The van der Waals surface area contributed by atoms with Crippen LogP contribution in [0.2, 0.25) is 0 Å². The molecule has 0 spiro atoms. The van der Waals surface area contributed by atoms with Gasteiger partial charge in [0, 0.05) is 24.2 Å². The van der Waals surface area contributed by atoms with E-state index >= 15 is 0 Å². The van der Waals surface area contributed by atoms with Gasteiger partial charge in [-0.3, -0.25) is 9.69 Å². The second kappa shape index (κ2) is 11.5. The predicted octanol–water partition coefficient (Wildman–Crippen LogP) is 4.07. The van der Waals surface area contributed by atoms with Crippen molar-refractivity contribution < 1.29 is 4.79 Å². The zero-order valence-electron chi connectivity index (χ0n) is 14.6. The Morgan fingerprint density at radius 2 is 1.77 bits per heavy atom. The summed E-state index contributed by atoms with van der Waals surface area (Å²) in [6.45, 7) is 3.72. The van der Waals surface area contributed by atoms with Crippen LogP contribution in [-0.4, -0.2) is 28.9 Å². The fraction of sp³-hybridized carbons (Fsp3) is 0.444. The highest BCUT2D eigenvalue weighted by atomic mass is 35.5. The summed E-state index contributed by atoms with van der Waals surface area (Å²) >= 11 is 1.41. The zero-order valence-corrected chi connectivity index (χ0v) is 17.1. The molecule has 8 heteroatoms. The number of halogens is 2. The van der Waals surface area contributed by atoms with Crippen LogP contribution in [0.3, 0.4) is 0 Å². The fourth-order valence-electron chi connectivity index (χ4n) is 2.95. The Labute approximate surface area is 171 Å². The van der Waals surface area contributed by atoms with E-state index in [2.05, 4.69) is 27.3 Å². The summed E-state index contributed by atoms with van der Waals surface area (Å²) in [5, 5.41) is 5.40. The maximum absolute atomic E-state index is 12.2. The number of anilines is 1. The van der Waals surface area contributed by atoms with Crippen LogP contribution in [-0.2, 0) is 13.1 Å². The number of likely N-dealkylation sites (tertiary alicyclic amines) is 1. The van der Waals surface area contributed by atoms with Gasteiger partial charge in [-0.2, -0.15) is 0 Å². The minimum Gasteiger partial charge on any atom is -0.325 e. The van der Waals surface area contributed by atoms with E-state index in [1.807, 2.05) is 12.1 Å². The lowest BCUT2D eigenvalue weighted by Crippen LogP contribution is -2.23. The summed E-state index contributed by atoms with van der Waals surface area (Å²) < 4.78 is 0. The first-order valence-corrected chi connectivity index (χ1v) is 9.39. The van der Waals surface area contributed by atoms with Crippen molar-refractivity contribution in [1.82, 2.24) is 9.88 Å². The van der Waals surface area contributed by atoms with Gasteiger partial charge in [-0.1, -0.05) is 25.0 Å². The third-order valence-corrected chi connectivity index (χ3v) is 5.15. The largest absolute Gasteiger partial charge is 0.325 e. The molecule has 5 nitrogen and oxygen atoms in total. The molecule has 1 aliphatic heterocycles. The number of nitrogens with one attached hydrogen (secondary N) is 1. The zero-order chi connectivity index (χ0) is 16.8. The van der Waals surface area contributed by atoms with Gasteiger partial charge in [0.15, 0.2) is 0 Å². The maximum atomic E-state index is 12.2. The molecule has 2 aromatic rings. The molecule has 0 atom stereocenters. The molecule has 0 radical (unpaired) electrons. The highest BCUT2D eigenvalue weighted by molar-refractivity contribution is 7.09. The van der Waals surface area contributed by atoms with Crippen molar-refractivity contribution in [3.8, 4) is 0 Å².